The first-order chi connectivity index (χ1) is 9.39. The van der Waals surface area contributed by atoms with Crippen LogP contribution in [0.4, 0.5) is 0 Å². The van der Waals surface area contributed by atoms with Crippen molar-refractivity contribution in [2.45, 2.75) is 52.2 Å². The number of hydrogen-bond acceptors (Lipinski definition) is 3. The fourth-order valence-corrected chi connectivity index (χ4v) is 2.92. The molecule has 1 aromatic rings. The Morgan fingerprint density at radius 2 is 2.20 bits per heavy atom. The molecule has 3 rings (SSSR count). The van der Waals surface area contributed by atoms with Crippen molar-refractivity contribution >= 4 is 5.91 Å². The molecule has 0 bridgehead atoms. The summed E-state index contributed by atoms with van der Waals surface area (Å²) in [6, 6.07) is 0. The molecule has 2 atom stereocenters. The molecule has 1 amide bonds. The Labute approximate surface area is 119 Å². The molecular formula is C15H23N3O2. The molecule has 1 fully saturated rings. The van der Waals surface area contributed by atoms with E-state index in [1.807, 2.05) is 20.9 Å². The van der Waals surface area contributed by atoms with Crippen molar-refractivity contribution in [1.82, 2.24) is 15.1 Å². The molecule has 5 heteroatoms. The van der Waals surface area contributed by atoms with Gasteiger partial charge in [0.2, 0.25) is 0 Å². The van der Waals surface area contributed by atoms with Crippen LogP contribution >= 0.6 is 0 Å². The van der Waals surface area contributed by atoms with Gasteiger partial charge in [-0.05, 0) is 32.1 Å². The van der Waals surface area contributed by atoms with Gasteiger partial charge in [-0.1, -0.05) is 6.92 Å². The van der Waals surface area contributed by atoms with Gasteiger partial charge in [-0.25, -0.2) is 0 Å². The summed E-state index contributed by atoms with van der Waals surface area (Å²) < 4.78 is 7.48. The van der Waals surface area contributed by atoms with Crippen molar-refractivity contribution in [1.29, 1.82) is 0 Å². The minimum absolute atomic E-state index is 0.00400. The summed E-state index contributed by atoms with van der Waals surface area (Å²) >= 11 is 0. The number of nitrogens with zero attached hydrogens (tertiary/aromatic N) is 2. The molecule has 1 aliphatic carbocycles. The molecule has 0 spiro atoms. The van der Waals surface area contributed by atoms with Gasteiger partial charge < -0.3 is 10.1 Å². The van der Waals surface area contributed by atoms with Crippen LogP contribution in [0.1, 0.15) is 61.5 Å². The van der Waals surface area contributed by atoms with E-state index in [0.29, 0.717) is 11.1 Å². The molecule has 1 aliphatic heterocycles. The van der Waals surface area contributed by atoms with Crippen molar-refractivity contribution < 1.29 is 9.53 Å². The van der Waals surface area contributed by atoms with E-state index in [0.717, 1.165) is 24.2 Å². The van der Waals surface area contributed by atoms with Gasteiger partial charge in [0.25, 0.3) is 5.91 Å². The Bertz CT molecular complexity index is 546. The zero-order valence-electron chi connectivity index (χ0n) is 12.7. The highest BCUT2D eigenvalue weighted by Gasteiger charge is 2.38. The van der Waals surface area contributed by atoms with Crippen LogP contribution in [0.25, 0.3) is 0 Å². The molecule has 20 heavy (non-hydrogen) atoms. The van der Waals surface area contributed by atoms with E-state index < -0.39 is 0 Å². The number of aromatic nitrogens is 2. The zero-order valence-corrected chi connectivity index (χ0v) is 12.7. The van der Waals surface area contributed by atoms with Gasteiger partial charge in [0.05, 0.1) is 17.9 Å². The van der Waals surface area contributed by atoms with Gasteiger partial charge in [0, 0.05) is 25.6 Å². The first-order valence-electron chi connectivity index (χ1n) is 7.39. The van der Waals surface area contributed by atoms with Gasteiger partial charge in [-0.3, -0.25) is 9.48 Å². The number of nitrogens with one attached hydrogen (secondary N) is 1. The van der Waals surface area contributed by atoms with E-state index in [1.54, 1.807) is 4.68 Å². The molecule has 0 aromatic carbocycles. The molecule has 0 saturated heterocycles. The summed E-state index contributed by atoms with van der Waals surface area (Å²) in [4.78, 5) is 12.5. The molecule has 2 heterocycles. The topological polar surface area (TPSA) is 56.2 Å². The number of amides is 1. The average Bonchev–Trinajstić information content (AvgIpc) is 3.00. The van der Waals surface area contributed by atoms with Gasteiger partial charge in [0.1, 0.15) is 5.69 Å². The third kappa shape index (κ3) is 2.35. The van der Waals surface area contributed by atoms with Crippen LogP contribution in [0.15, 0.2) is 0 Å². The quantitative estimate of drug-likeness (QED) is 0.919. The molecule has 0 radical (unpaired) electrons. The van der Waals surface area contributed by atoms with Crippen molar-refractivity contribution in [2.75, 3.05) is 6.54 Å². The summed E-state index contributed by atoms with van der Waals surface area (Å²) in [6.45, 7) is 7.01. The Morgan fingerprint density at radius 1 is 1.50 bits per heavy atom. The van der Waals surface area contributed by atoms with Crippen molar-refractivity contribution in [3.8, 4) is 0 Å². The summed E-state index contributed by atoms with van der Waals surface area (Å²) in [7, 11) is 1.84. The van der Waals surface area contributed by atoms with Crippen LogP contribution in [0.2, 0.25) is 0 Å². The van der Waals surface area contributed by atoms with Crippen LogP contribution in [-0.2, 0) is 18.2 Å². The summed E-state index contributed by atoms with van der Waals surface area (Å²) in [5, 5.41) is 7.55. The molecule has 1 saturated carbocycles. The first-order valence-corrected chi connectivity index (χ1v) is 7.39. The number of aryl methyl sites for hydroxylation is 1. The predicted octanol–water partition coefficient (Wildman–Crippen LogP) is 1.97. The van der Waals surface area contributed by atoms with E-state index in [9.17, 15) is 4.79 Å². The van der Waals surface area contributed by atoms with Crippen molar-refractivity contribution in [3.05, 3.63) is 17.0 Å². The van der Waals surface area contributed by atoms with Crippen LogP contribution in [0.5, 0.6) is 0 Å². The van der Waals surface area contributed by atoms with Crippen molar-refractivity contribution in [3.63, 3.8) is 0 Å². The highest BCUT2D eigenvalue weighted by molar-refractivity contribution is 5.94. The Morgan fingerprint density at radius 3 is 2.85 bits per heavy atom. The molecule has 110 valence electrons. The van der Waals surface area contributed by atoms with Gasteiger partial charge in [-0.15, -0.1) is 0 Å². The SMILES string of the molecule is C[C@@H]1Cc2c(nn(C)c2C(=O)NCC2(C)CC2)[C@H](C)O1. The highest BCUT2D eigenvalue weighted by atomic mass is 16.5. The number of rotatable bonds is 3. The van der Waals surface area contributed by atoms with E-state index in [-0.39, 0.29) is 18.1 Å². The Balaban J connectivity index is 1.83. The number of carbonyl (C=O) groups is 1. The molecule has 0 unspecified atom stereocenters. The van der Waals surface area contributed by atoms with E-state index in [1.165, 1.54) is 12.8 Å². The smallest absolute Gasteiger partial charge is 0.269 e. The first kappa shape index (κ1) is 13.6. The van der Waals surface area contributed by atoms with Crippen molar-refractivity contribution in [2.24, 2.45) is 12.5 Å². The van der Waals surface area contributed by atoms with Crippen LogP contribution in [0, 0.1) is 5.41 Å². The van der Waals surface area contributed by atoms with Crippen LogP contribution in [-0.4, -0.2) is 28.3 Å². The third-order valence-corrected chi connectivity index (χ3v) is 4.48. The van der Waals surface area contributed by atoms with Gasteiger partial charge >= 0.3 is 0 Å². The van der Waals surface area contributed by atoms with E-state index in [4.69, 9.17) is 4.74 Å². The molecule has 5 nitrogen and oxygen atoms in total. The highest BCUT2D eigenvalue weighted by Crippen LogP contribution is 2.44. The summed E-state index contributed by atoms with van der Waals surface area (Å²) in [5.41, 5.74) is 2.98. The number of ether oxygens (including phenoxy) is 1. The minimum atomic E-state index is -0.0394. The van der Waals surface area contributed by atoms with E-state index in [2.05, 4.69) is 17.3 Å². The normalized spacial score (nSPS) is 27.0. The fourth-order valence-electron chi connectivity index (χ4n) is 2.92. The second-order valence-corrected chi connectivity index (χ2v) is 6.62. The maximum atomic E-state index is 12.5. The monoisotopic (exact) mass is 277 g/mol. The largest absolute Gasteiger partial charge is 0.369 e. The lowest BCUT2D eigenvalue weighted by atomic mass is 9.99. The maximum Gasteiger partial charge on any atom is 0.269 e. The minimum Gasteiger partial charge on any atom is -0.369 e. The van der Waals surface area contributed by atoms with Gasteiger partial charge in [0.15, 0.2) is 0 Å². The Hall–Kier alpha value is -1.36. The van der Waals surface area contributed by atoms with Gasteiger partial charge in [-0.2, -0.15) is 5.10 Å². The lowest BCUT2D eigenvalue weighted by molar-refractivity contribution is -0.00710. The molecule has 1 N–H and O–H groups in total. The average molecular weight is 277 g/mol. The molecule has 1 aromatic heterocycles. The van der Waals surface area contributed by atoms with E-state index >= 15 is 0 Å². The second-order valence-electron chi connectivity index (χ2n) is 6.62. The number of fused-ring (bicyclic) bond motifs is 1. The predicted molar refractivity (Wildman–Crippen MR) is 75.5 cm³/mol. The molecular weight excluding hydrogens is 254 g/mol. The zero-order chi connectivity index (χ0) is 14.5. The maximum absolute atomic E-state index is 12.5. The molecule has 2 aliphatic rings. The second kappa shape index (κ2) is 4.58. The number of carbonyl (C=O) groups excluding carboxylic acids is 1. The third-order valence-electron chi connectivity index (χ3n) is 4.48. The Kier molecular flexibility index (Phi) is 3.12. The lowest BCUT2D eigenvalue weighted by Gasteiger charge is -2.24. The van der Waals surface area contributed by atoms with Crippen LogP contribution in [0.3, 0.4) is 0 Å². The fraction of sp³-hybridized carbons (Fsp3) is 0.733. The lowest BCUT2D eigenvalue weighted by Crippen LogP contribution is -2.32. The number of hydrogen-bond donors (Lipinski definition) is 1. The standard InChI is InChI=1S/C15H23N3O2/c1-9-7-11-12(10(2)20-9)17-18(4)13(11)14(19)16-8-15(3)5-6-15/h9-10H,5-8H2,1-4H3,(H,16,19)/t9-,10+/m1/s1. The summed E-state index contributed by atoms with van der Waals surface area (Å²) in [5.74, 6) is -0.00400. The van der Waals surface area contributed by atoms with Crippen LogP contribution < -0.4 is 5.32 Å². The summed E-state index contributed by atoms with van der Waals surface area (Å²) in [6.07, 6.45) is 3.27.